The molecule has 0 aromatic heterocycles. The van der Waals surface area contributed by atoms with Gasteiger partial charge in [-0.2, -0.15) is 0 Å². The third kappa shape index (κ3) is 2.19. The van der Waals surface area contributed by atoms with Crippen LogP contribution in [0.25, 0.3) is 0 Å². The summed E-state index contributed by atoms with van der Waals surface area (Å²) in [7, 11) is 0. The van der Waals surface area contributed by atoms with Gasteiger partial charge in [0.05, 0.1) is 11.3 Å². The van der Waals surface area contributed by atoms with Crippen LogP contribution in [0.15, 0.2) is 24.3 Å². The maximum Gasteiger partial charge on any atom is 0.253 e. The molecule has 1 aromatic carbocycles. The van der Waals surface area contributed by atoms with Crippen LogP contribution in [0.4, 0.5) is 5.69 Å². The monoisotopic (exact) mass is 179 g/mol. The summed E-state index contributed by atoms with van der Waals surface area (Å²) < 4.78 is 0. The lowest BCUT2D eigenvalue weighted by Crippen LogP contribution is -2.24. The van der Waals surface area contributed by atoms with Gasteiger partial charge in [0.1, 0.15) is 0 Å². The first kappa shape index (κ1) is 9.54. The number of benzene rings is 1. The van der Waals surface area contributed by atoms with E-state index >= 15 is 0 Å². The number of hydrogen-bond acceptors (Lipinski definition) is 3. The third-order valence-electron chi connectivity index (χ3n) is 1.66. The number of hydrogen-bond donors (Lipinski definition) is 3. The van der Waals surface area contributed by atoms with E-state index in [1.807, 2.05) is 13.0 Å². The zero-order valence-electron chi connectivity index (χ0n) is 7.50. The molecular formula is C9H13N3O. The quantitative estimate of drug-likeness (QED) is 0.473. The van der Waals surface area contributed by atoms with Crippen LogP contribution in [-0.4, -0.2) is 12.5 Å². The molecule has 4 nitrogen and oxygen atoms in total. The molecule has 4 heteroatoms. The number of carbonyl (C=O) groups is 1. The highest BCUT2D eigenvalue weighted by atomic mass is 16.1. The lowest BCUT2D eigenvalue weighted by atomic mass is 10.1. The van der Waals surface area contributed by atoms with E-state index in [1.54, 1.807) is 18.2 Å². The van der Waals surface area contributed by atoms with Gasteiger partial charge in [0, 0.05) is 6.54 Å². The zero-order valence-corrected chi connectivity index (χ0v) is 7.50. The Morgan fingerprint density at radius 2 is 2.15 bits per heavy atom. The molecule has 13 heavy (non-hydrogen) atoms. The van der Waals surface area contributed by atoms with Gasteiger partial charge in [-0.15, -0.1) is 0 Å². The van der Waals surface area contributed by atoms with Crippen molar-refractivity contribution in [3.8, 4) is 0 Å². The minimum absolute atomic E-state index is 0.115. The molecule has 0 unspecified atom stereocenters. The van der Waals surface area contributed by atoms with E-state index in [0.717, 1.165) is 0 Å². The fourth-order valence-electron chi connectivity index (χ4n) is 1.06. The highest BCUT2D eigenvalue weighted by Crippen LogP contribution is 2.12. The first-order valence-electron chi connectivity index (χ1n) is 4.13. The molecule has 0 saturated carbocycles. The molecule has 0 spiro atoms. The van der Waals surface area contributed by atoms with Gasteiger partial charge in [0.25, 0.3) is 5.91 Å². The van der Waals surface area contributed by atoms with Crippen LogP contribution in [-0.2, 0) is 0 Å². The van der Waals surface area contributed by atoms with E-state index in [2.05, 4.69) is 10.7 Å². The standard InChI is InChI=1S/C9H13N3O/c1-2-11-9(13)7-5-3-4-6-8(7)12-10/h3-6,12H,2,10H2,1H3,(H,11,13). The van der Waals surface area contributed by atoms with E-state index in [9.17, 15) is 4.79 Å². The van der Waals surface area contributed by atoms with Gasteiger partial charge in [-0.1, -0.05) is 12.1 Å². The first-order valence-corrected chi connectivity index (χ1v) is 4.13. The predicted octanol–water partition coefficient (Wildman–Crippen LogP) is 0.722. The Kier molecular flexibility index (Phi) is 3.28. The second kappa shape index (κ2) is 4.47. The molecule has 0 bridgehead atoms. The van der Waals surface area contributed by atoms with E-state index in [4.69, 9.17) is 5.84 Å². The number of hydrazine groups is 1. The number of nitrogen functional groups attached to an aromatic ring is 1. The minimum atomic E-state index is -0.115. The van der Waals surface area contributed by atoms with Gasteiger partial charge in [0.2, 0.25) is 0 Å². The van der Waals surface area contributed by atoms with Crippen molar-refractivity contribution in [3.63, 3.8) is 0 Å². The van der Waals surface area contributed by atoms with E-state index in [0.29, 0.717) is 17.8 Å². The topological polar surface area (TPSA) is 67.2 Å². The number of amides is 1. The van der Waals surface area contributed by atoms with Crippen LogP contribution in [0.1, 0.15) is 17.3 Å². The van der Waals surface area contributed by atoms with Crippen molar-refractivity contribution in [1.29, 1.82) is 0 Å². The minimum Gasteiger partial charge on any atom is -0.352 e. The second-order valence-corrected chi connectivity index (χ2v) is 2.55. The van der Waals surface area contributed by atoms with E-state index in [1.165, 1.54) is 0 Å². The summed E-state index contributed by atoms with van der Waals surface area (Å²) in [6.07, 6.45) is 0. The van der Waals surface area contributed by atoms with Crippen LogP contribution in [0.5, 0.6) is 0 Å². The van der Waals surface area contributed by atoms with Gasteiger partial charge in [-0.3, -0.25) is 10.6 Å². The van der Waals surface area contributed by atoms with Crippen molar-refractivity contribution >= 4 is 11.6 Å². The van der Waals surface area contributed by atoms with Crippen molar-refractivity contribution < 1.29 is 4.79 Å². The van der Waals surface area contributed by atoms with Gasteiger partial charge in [-0.05, 0) is 19.1 Å². The number of para-hydroxylation sites is 1. The molecule has 0 saturated heterocycles. The smallest absolute Gasteiger partial charge is 0.253 e. The molecule has 0 atom stereocenters. The van der Waals surface area contributed by atoms with Gasteiger partial charge < -0.3 is 10.7 Å². The number of nitrogens with two attached hydrogens (primary N) is 1. The fourth-order valence-corrected chi connectivity index (χ4v) is 1.06. The van der Waals surface area contributed by atoms with Crippen molar-refractivity contribution in [2.24, 2.45) is 5.84 Å². The van der Waals surface area contributed by atoms with Crippen LogP contribution >= 0.6 is 0 Å². The Bertz CT molecular complexity index is 299. The van der Waals surface area contributed by atoms with Crippen molar-refractivity contribution in [2.75, 3.05) is 12.0 Å². The highest BCUT2D eigenvalue weighted by Gasteiger charge is 2.07. The molecule has 0 aliphatic carbocycles. The number of anilines is 1. The Labute approximate surface area is 77.1 Å². The number of carbonyl (C=O) groups excluding carboxylic acids is 1. The molecule has 0 radical (unpaired) electrons. The van der Waals surface area contributed by atoms with Gasteiger partial charge in [0.15, 0.2) is 0 Å². The van der Waals surface area contributed by atoms with Crippen LogP contribution < -0.4 is 16.6 Å². The van der Waals surface area contributed by atoms with Gasteiger partial charge in [-0.25, -0.2) is 0 Å². The number of rotatable bonds is 3. The Balaban J connectivity index is 2.92. The molecular weight excluding hydrogens is 166 g/mol. The molecule has 0 aliphatic heterocycles. The maximum atomic E-state index is 11.4. The van der Waals surface area contributed by atoms with E-state index in [-0.39, 0.29) is 5.91 Å². The van der Waals surface area contributed by atoms with Crippen LogP contribution in [0, 0.1) is 0 Å². The van der Waals surface area contributed by atoms with Crippen molar-refractivity contribution in [1.82, 2.24) is 5.32 Å². The molecule has 0 fully saturated rings. The summed E-state index contributed by atoms with van der Waals surface area (Å²) >= 11 is 0. The molecule has 1 rings (SSSR count). The van der Waals surface area contributed by atoms with Crippen LogP contribution in [0.2, 0.25) is 0 Å². The maximum absolute atomic E-state index is 11.4. The van der Waals surface area contributed by atoms with Crippen molar-refractivity contribution in [3.05, 3.63) is 29.8 Å². The normalized spacial score (nSPS) is 9.38. The predicted molar refractivity (Wildman–Crippen MR) is 52.3 cm³/mol. The third-order valence-corrected chi connectivity index (χ3v) is 1.66. The lowest BCUT2D eigenvalue weighted by molar-refractivity contribution is 0.0956. The Morgan fingerprint density at radius 1 is 1.46 bits per heavy atom. The molecule has 70 valence electrons. The van der Waals surface area contributed by atoms with Gasteiger partial charge >= 0.3 is 0 Å². The lowest BCUT2D eigenvalue weighted by Gasteiger charge is -2.07. The molecule has 1 aromatic rings. The van der Waals surface area contributed by atoms with Crippen molar-refractivity contribution in [2.45, 2.75) is 6.92 Å². The summed E-state index contributed by atoms with van der Waals surface area (Å²) in [5.41, 5.74) is 3.67. The molecule has 1 amide bonds. The average Bonchev–Trinajstić information content (AvgIpc) is 2.18. The highest BCUT2D eigenvalue weighted by molar-refractivity contribution is 5.99. The summed E-state index contributed by atoms with van der Waals surface area (Å²) in [6, 6.07) is 7.09. The molecule has 0 heterocycles. The zero-order chi connectivity index (χ0) is 9.68. The first-order chi connectivity index (χ1) is 6.29. The largest absolute Gasteiger partial charge is 0.352 e. The fraction of sp³-hybridized carbons (Fsp3) is 0.222. The Hall–Kier alpha value is -1.55. The van der Waals surface area contributed by atoms with Crippen LogP contribution in [0.3, 0.4) is 0 Å². The summed E-state index contributed by atoms with van der Waals surface area (Å²) in [5.74, 6) is 5.14. The SMILES string of the molecule is CCNC(=O)c1ccccc1NN. The average molecular weight is 179 g/mol. The summed E-state index contributed by atoms with van der Waals surface area (Å²) in [5, 5.41) is 2.70. The Morgan fingerprint density at radius 3 is 2.77 bits per heavy atom. The molecule has 0 aliphatic rings. The second-order valence-electron chi connectivity index (χ2n) is 2.55. The summed E-state index contributed by atoms with van der Waals surface area (Å²) in [6.45, 7) is 2.48. The number of nitrogens with one attached hydrogen (secondary N) is 2. The molecule has 4 N–H and O–H groups in total. The summed E-state index contributed by atoms with van der Waals surface area (Å²) in [4.78, 5) is 11.4. The van der Waals surface area contributed by atoms with E-state index < -0.39 is 0 Å².